The van der Waals surface area contributed by atoms with Crippen LogP contribution in [0.4, 0.5) is 5.82 Å². The minimum Gasteiger partial charge on any atom is -0.389 e. The number of rotatable bonds is 3. The zero-order valence-electron chi connectivity index (χ0n) is 12.3. The van der Waals surface area contributed by atoms with E-state index in [4.69, 9.17) is 0 Å². The van der Waals surface area contributed by atoms with E-state index < -0.39 is 6.10 Å². The molecule has 1 saturated heterocycles. The number of hydrogen-bond donors (Lipinski definition) is 1. The summed E-state index contributed by atoms with van der Waals surface area (Å²) in [5.41, 5.74) is 0.953. The molecule has 2 rings (SSSR count). The Morgan fingerprint density at radius 3 is 2.74 bits per heavy atom. The quantitative estimate of drug-likeness (QED) is 0.907. The van der Waals surface area contributed by atoms with Crippen molar-refractivity contribution in [1.29, 1.82) is 0 Å². The summed E-state index contributed by atoms with van der Waals surface area (Å²) in [6.45, 7) is 8.62. The molecular formula is C16H26N2O. The number of aromatic nitrogens is 1. The van der Waals surface area contributed by atoms with Crippen molar-refractivity contribution in [2.24, 2.45) is 11.8 Å². The molecule has 2 atom stereocenters. The van der Waals surface area contributed by atoms with Crippen molar-refractivity contribution in [1.82, 2.24) is 4.98 Å². The van der Waals surface area contributed by atoms with Crippen molar-refractivity contribution in [3.05, 3.63) is 23.9 Å². The first kappa shape index (κ1) is 14.3. The summed E-state index contributed by atoms with van der Waals surface area (Å²) in [5.74, 6) is 2.63. The predicted octanol–water partition coefficient (Wildman–Crippen LogP) is 3.40. The first-order valence-corrected chi connectivity index (χ1v) is 7.47. The van der Waals surface area contributed by atoms with Crippen LogP contribution in [0.3, 0.4) is 0 Å². The monoisotopic (exact) mass is 262 g/mol. The second-order valence-electron chi connectivity index (χ2n) is 6.05. The summed E-state index contributed by atoms with van der Waals surface area (Å²) >= 11 is 0. The Morgan fingerprint density at radius 2 is 2.05 bits per heavy atom. The van der Waals surface area contributed by atoms with Gasteiger partial charge in [0.2, 0.25) is 0 Å². The van der Waals surface area contributed by atoms with Gasteiger partial charge in [-0.2, -0.15) is 0 Å². The van der Waals surface area contributed by atoms with E-state index in [1.807, 2.05) is 18.3 Å². The Bertz CT molecular complexity index is 403. The molecule has 1 aromatic rings. The lowest BCUT2D eigenvalue weighted by molar-refractivity contribution is 0.199. The standard InChI is InChI=1S/C16H26N2O/c1-12(2)14-5-4-9-18(10-7-14)16-11-15(13(3)19)6-8-17-16/h6,8,11-14,19H,4-5,7,9-10H2,1-3H3/t13-,14?/m1/s1. The Hall–Kier alpha value is -1.09. The highest BCUT2D eigenvalue weighted by Gasteiger charge is 2.20. The van der Waals surface area contributed by atoms with Gasteiger partial charge >= 0.3 is 0 Å². The second-order valence-corrected chi connectivity index (χ2v) is 6.05. The van der Waals surface area contributed by atoms with Gasteiger partial charge in [-0.15, -0.1) is 0 Å². The molecule has 0 bridgehead atoms. The molecule has 2 heterocycles. The average molecular weight is 262 g/mol. The van der Waals surface area contributed by atoms with Crippen LogP contribution in [0.2, 0.25) is 0 Å². The normalized spacial score (nSPS) is 22.4. The number of hydrogen-bond acceptors (Lipinski definition) is 3. The van der Waals surface area contributed by atoms with E-state index >= 15 is 0 Å². The average Bonchev–Trinajstić information content (AvgIpc) is 2.64. The van der Waals surface area contributed by atoms with Crippen molar-refractivity contribution in [3.8, 4) is 0 Å². The van der Waals surface area contributed by atoms with Gasteiger partial charge in [-0.25, -0.2) is 4.98 Å². The largest absolute Gasteiger partial charge is 0.389 e. The summed E-state index contributed by atoms with van der Waals surface area (Å²) in [6.07, 6.45) is 5.20. The first-order valence-electron chi connectivity index (χ1n) is 7.47. The molecule has 0 aromatic carbocycles. The van der Waals surface area contributed by atoms with Crippen molar-refractivity contribution < 1.29 is 5.11 Å². The zero-order chi connectivity index (χ0) is 13.8. The van der Waals surface area contributed by atoms with Crippen LogP contribution in [0, 0.1) is 11.8 Å². The molecule has 0 spiro atoms. The van der Waals surface area contributed by atoms with Crippen LogP contribution in [-0.2, 0) is 0 Å². The van der Waals surface area contributed by atoms with Gasteiger partial charge < -0.3 is 10.0 Å². The maximum atomic E-state index is 9.67. The first-order chi connectivity index (χ1) is 9.08. The van der Waals surface area contributed by atoms with E-state index in [-0.39, 0.29) is 0 Å². The Kier molecular flexibility index (Phi) is 4.81. The van der Waals surface area contributed by atoms with Gasteiger partial charge in [-0.1, -0.05) is 13.8 Å². The van der Waals surface area contributed by atoms with E-state index in [0.29, 0.717) is 0 Å². The van der Waals surface area contributed by atoms with E-state index in [9.17, 15) is 5.11 Å². The molecule has 0 aliphatic carbocycles. The topological polar surface area (TPSA) is 36.4 Å². The van der Waals surface area contributed by atoms with Gasteiger partial charge in [0.1, 0.15) is 5.82 Å². The number of aliphatic hydroxyl groups is 1. The molecule has 0 radical (unpaired) electrons. The molecular weight excluding hydrogens is 236 g/mol. The molecule has 3 nitrogen and oxygen atoms in total. The lowest BCUT2D eigenvalue weighted by atomic mass is 9.89. The minimum atomic E-state index is -0.419. The van der Waals surface area contributed by atoms with Crippen LogP contribution in [0.25, 0.3) is 0 Å². The minimum absolute atomic E-state index is 0.419. The highest BCUT2D eigenvalue weighted by Crippen LogP contribution is 2.27. The fourth-order valence-corrected chi connectivity index (χ4v) is 2.88. The third kappa shape index (κ3) is 3.69. The molecule has 3 heteroatoms. The fraction of sp³-hybridized carbons (Fsp3) is 0.688. The van der Waals surface area contributed by atoms with E-state index in [1.165, 1.54) is 19.3 Å². The van der Waals surface area contributed by atoms with Crippen molar-refractivity contribution in [2.75, 3.05) is 18.0 Å². The van der Waals surface area contributed by atoms with E-state index in [0.717, 1.165) is 36.3 Å². The summed E-state index contributed by atoms with van der Waals surface area (Å²) in [4.78, 5) is 6.84. The van der Waals surface area contributed by atoms with Crippen LogP contribution in [0.1, 0.15) is 51.7 Å². The lowest BCUT2D eigenvalue weighted by Gasteiger charge is -2.23. The van der Waals surface area contributed by atoms with Gasteiger partial charge in [0.05, 0.1) is 6.10 Å². The summed E-state index contributed by atoms with van der Waals surface area (Å²) in [7, 11) is 0. The third-order valence-electron chi connectivity index (χ3n) is 4.29. The summed E-state index contributed by atoms with van der Waals surface area (Å²) < 4.78 is 0. The van der Waals surface area contributed by atoms with Gasteiger partial charge in [-0.3, -0.25) is 0 Å². The fourth-order valence-electron chi connectivity index (χ4n) is 2.88. The third-order valence-corrected chi connectivity index (χ3v) is 4.29. The summed E-state index contributed by atoms with van der Waals surface area (Å²) in [6, 6.07) is 3.92. The molecule has 19 heavy (non-hydrogen) atoms. The maximum Gasteiger partial charge on any atom is 0.128 e. The van der Waals surface area contributed by atoms with Crippen molar-refractivity contribution in [2.45, 2.75) is 46.1 Å². The highest BCUT2D eigenvalue weighted by atomic mass is 16.3. The summed E-state index contributed by atoms with van der Waals surface area (Å²) in [5, 5.41) is 9.67. The Morgan fingerprint density at radius 1 is 1.26 bits per heavy atom. The highest BCUT2D eigenvalue weighted by molar-refractivity contribution is 5.41. The Labute approximate surface area is 116 Å². The molecule has 1 fully saturated rings. The zero-order valence-corrected chi connectivity index (χ0v) is 12.3. The van der Waals surface area contributed by atoms with E-state index in [2.05, 4.69) is 23.7 Å². The van der Waals surface area contributed by atoms with Crippen molar-refractivity contribution in [3.63, 3.8) is 0 Å². The number of nitrogens with zero attached hydrogens (tertiary/aromatic N) is 2. The smallest absolute Gasteiger partial charge is 0.128 e. The number of aliphatic hydroxyl groups excluding tert-OH is 1. The SMILES string of the molecule is CC(C)C1CCCN(c2cc([C@@H](C)O)ccn2)CC1. The molecule has 106 valence electrons. The van der Waals surface area contributed by atoms with Crippen LogP contribution in [-0.4, -0.2) is 23.2 Å². The molecule has 1 N–H and O–H groups in total. The number of pyridine rings is 1. The molecule has 0 amide bonds. The van der Waals surface area contributed by atoms with E-state index in [1.54, 1.807) is 6.92 Å². The van der Waals surface area contributed by atoms with Crippen molar-refractivity contribution >= 4 is 5.82 Å². The molecule has 0 saturated carbocycles. The van der Waals surface area contributed by atoms with Gasteiger partial charge in [0.25, 0.3) is 0 Å². The van der Waals surface area contributed by atoms with Crippen LogP contribution in [0.5, 0.6) is 0 Å². The van der Waals surface area contributed by atoms with Gasteiger partial charge in [-0.05, 0) is 55.7 Å². The maximum absolute atomic E-state index is 9.67. The van der Waals surface area contributed by atoms with Crippen LogP contribution in [0.15, 0.2) is 18.3 Å². The molecule has 1 aliphatic rings. The van der Waals surface area contributed by atoms with Gasteiger partial charge in [0, 0.05) is 19.3 Å². The second kappa shape index (κ2) is 6.38. The molecule has 1 aliphatic heterocycles. The number of anilines is 1. The lowest BCUT2D eigenvalue weighted by Crippen LogP contribution is -2.25. The molecule has 1 unspecified atom stereocenters. The predicted molar refractivity (Wildman–Crippen MR) is 79.3 cm³/mol. The Balaban J connectivity index is 2.07. The molecule has 1 aromatic heterocycles. The van der Waals surface area contributed by atoms with Crippen LogP contribution < -0.4 is 4.90 Å². The van der Waals surface area contributed by atoms with Gasteiger partial charge in [0.15, 0.2) is 0 Å². The van der Waals surface area contributed by atoms with Crippen LogP contribution >= 0.6 is 0 Å².